The number of thioether (sulfide) groups is 1. The van der Waals surface area contributed by atoms with Gasteiger partial charge in [0, 0.05) is 15.4 Å². The number of carbonyl (C=O) groups is 1. The fourth-order valence-corrected chi connectivity index (χ4v) is 5.76. The molecule has 1 fully saturated rings. The van der Waals surface area contributed by atoms with Crippen LogP contribution in [0.2, 0.25) is 4.34 Å². The van der Waals surface area contributed by atoms with Crippen molar-refractivity contribution < 1.29 is 9.90 Å². The van der Waals surface area contributed by atoms with E-state index in [1.807, 2.05) is 11.8 Å². The van der Waals surface area contributed by atoms with Crippen LogP contribution in [0.4, 0.5) is 0 Å². The minimum absolute atomic E-state index is 0.369. The van der Waals surface area contributed by atoms with Crippen molar-refractivity contribution in [3.8, 4) is 0 Å². The molecule has 3 heterocycles. The summed E-state index contributed by atoms with van der Waals surface area (Å²) in [6.45, 7) is 0. The number of carboxylic acids is 1. The molecule has 2 unspecified atom stereocenters. The van der Waals surface area contributed by atoms with Crippen LogP contribution in [-0.2, 0) is 6.42 Å². The Hall–Kier alpha value is -0.190. The Morgan fingerprint density at radius 2 is 2.27 bits per heavy atom. The number of rotatable bonds is 1. The van der Waals surface area contributed by atoms with Gasteiger partial charge >= 0.3 is 5.97 Å². The molecule has 2 aliphatic rings. The second kappa shape index (κ2) is 3.40. The van der Waals surface area contributed by atoms with Crippen molar-refractivity contribution in [2.24, 2.45) is 0 Å². The standard InChI is InChI=1S/C10H9ClO2S2/c11-9-7(10(12)13)5-3-4-1-2-6(14-4)8(5)15-9/h4,6H,1-3H2,(H,12,13). The quantitative estimate of drug-likeness (QED) is 0.838. The smallest absolute Gasteiger partial charge is 0.338 e. The van der Waals surface area contributed by atoms with Crippen LogP contribution in [0, 0.1) is 0 Å². The first-order valence-electron chi connectivity index (χ1n) is 4.86. The zero-order chi connectivity index (χ0) is 10.6. The van der Waals surface area contributed by atoms with Crippen molar-refractivity contribution in [1.82, 2.24) is 0 Å². The van der Waals surface area contributed by atoms with Gasteiger partial charge in [0.2, 0.25) is 0 Å². The van der Waals surface area contributed by atoms with E-state index in [-0.39, 0.29) is 0 Å². The van der Waals surface area contributed by atoms with Gasteiger partial charge in [0.15, 0.2) is 0 Å². The van der Waals surface area contributed by atoms with Crippen LogP contribution in [0.1, 0.15) is 38.9 Å². The van der Waals surface area contributed by atoms with E-state index >= 15 is 0 Å². The Morgan fingerprint density at radius 1 is 1.47 bits per heavy atom. The molecule has 0 aliphatic carbocycles. The monoisotopic (exact) mass is 260 g/mol. The Kier molecular flexibility index (Phi) is 2.27. The minimum Gasteiger partial charge on any atom is -0.478 e. The topological polar surface area (TPSA) is 37.3 Å². The van der Waals surface area contributed by atoms with Crippen LogP contribution < -0.4 is 0 Å². The second-order valence-corrected chi connectivity index (χ2v) is 7.09. The number of aromatic carboxylic acids is 1. The van der Waals surface area contributed by atoms with E-state index in [0.29, 0.717) is 20.4 Å². The maximum absolute atomic E-state index is 11.1. The average molecular weight is 261 g/mol. The first-order valence-corrected chi connectivity index (χ1v) is 7.00. The molecule has 0 amide bonds. The molecule has 0 saturated carbocycles. The van der Waals surface area contributed by atoms with E-state index in [0.717, 1.165) is 12.0 Å². The van der Waals surface area contributed by atoms with Gasteiger partial charge in [-0.3, -0.25) is 0 Å². The van der Waals surface area contributed by atoms with Crippen LogP contribution in [0.25, 0.3) is 0 Å². The predicted molar refractivity (Wildman–Crippen MR) is 63.3 cm³/mol. The average Bonchev–Trinajstić information content (AvgIpc) is 2.69. The maximum Gasteiger partial charge on any atom is 0.338 e. The summed E-state index contributed by atoms with van der Waals surface area (Å²) in [6.07, 6.45) is 3.28. The van der Waals surface area contributed by atoms with Crippen LogP contribution in [0.15, 0.2) is 0 Å². The highest BCUT2D eigenvalue weighted by Gasteiger charge is 2.38. The second-order valence-electron chi connectivity index (χ2n) is 3.93. The zero-order valence-electron chi connectivity index (χ0n) is 7.83. The molecule has 3 rings (SSSR count). The van der Waals surface area contributed by atoms with Gasteiger partial charge in [-0.1, -0.05) is 11.6 Å². The van der Waals surface area contributed by atoms with E-state index in [2.05, 4.69) is 0 Å². The van der Waals surface area contributed by atoms with Crippen molar-refractivity contribution in [2.45, 2.75) is 29.8 Å². The van der Waals surface area contributed by atoms with Gasteiger partial charge in [0.25, 0.3) is 0 Å². The molecule has 5 heteroatoms. The summed E-state index contributed by atoms with van der Waals surface area (Å²) in [5, 5.41) is 10.2. The third-order valence-electron chi connectivity index (χ3n) is 3.04. The molecule has 1 aromatic heterocycles. The molecule has 2 atom stereocenters. The molecule has 80 valence electrons. The van der Waals surface area contributed by atoms with Gasteiger partial charge < -0.3 is 5.11 Å². The van der Waals surface area contributed by atoms with Crippen molar-refractivity contribution in [2.75, 3.05) is 0 Å². The molecule has 2 nitrogen and oxygen atoms in total. The lowest BCUT2D eigenvalue weighted by molar-refractivity contribution is 0.0696. The normalized spacial score (nSPS) is 27.8. The van der Waals surface area contributed by atoms with Gasteiger partial charge in [0.1, 0.15) is 4.34 Å². The van der Waals surface area contributed by atoms with E-state index in [1.165, 1.54) is 29.1 Å². The third kappa shape index (κ3) is 1.42. The molecule has 15 heavy (non-hydrogen) atoms. The lowest BCUT2D eigenvalue weighted by Gasteiger charge is -2.19. The largest absolute Gasteiger partial charge is 0.478 e. The zero-order valence-corrected chi connectivity index (χ0v) is 10.2. The number of carboxylic acid groups (broad SMARTS) is 1. The minimum atomic E-state index is -0.871. The Bertz CT molecular complexity index is 441. The maximum atomic E-state index is 11.1. The summed E-state index contributed by atoms with van der Waals surface area (Å²) in [7, 11) is 0. The van der Waals surface area contributed by atoms with E-state index in [9.17, 15) is 4.79 Å². The van der Waals surface area contributed by atoms with Crippen LogP contribution in [0.5, 0.6) is 0 Å². The highest BCUT2D eigenvalue weighted by molar-refractivity contribution is 8.00. The number of thiophene rings is 1. The summed E-state index contributed by atoms with van der Waals surface area (Å²) in [5.74, 6) is -0.871. The molecule has 1 N–H and O–H groups in total. The number of hydrogen-bond acceptors (Lipinski definition) is 3. The number of fused-ring (bicyclic) bond motifs is 4. The fraction of sp³-hybridized carbons (Fsp3) is 0.500. The molecule has 0 radical (unpaired) electrons. The summed E-state index contributed by atoms with van der Waals surface area (Å²) in [5.41, 5.74) is 1.39. The summed E-state index contributed by atoms with van der Waals surface area (Å²) in [4.78, 5) is 12.3. The molecular formula is C10H9ClO2S2. The Labute approximate surface area is 101 Å². The molecular weight excluding hydrogens is 252 g/mol. The summed E-state index contributed by atoms with van der Waals surface area (Å²) >= 11 is 9.45. The third-order valence-corrected chi connectivity index (χ3v) is 6.33. The number of halogens is 1. The highest BCUT2D eigenvalue weighted by atomic mass is 35.5. The van der Waals surface area contributed by atoms with Gasteiger partial charge in [-0.05, 0) is 24.8 Å². The molecule has 2 aliphatic heterocycles. The first-order chi connectivity index (χ1) is 7.16. The molecule has 0 spiro atoms. The van der Waals surface area contributed by atoms with E-state index in [4.69, 9.17) is 16.7 Å². The Morgan fingerprint density at radius 3 is 3.00 bits per heavy atom. The lowest BCUT2D eigenvalue weighted by atomic mass is 10.1. The lowest BCUT2D eigenvalue weighted by Crippen LogP contribution is -2.11. The summed E-state index contributed by atoms with van der Waals surface area (Å²) in [6, 6.07) is 0. The predicted octanol–water partition coefficient (Wildman–Crippen LogP) is 3.59. The molecule has 2 bridgehead atoms. The highest BCUT2D eigenvalue weighted by Crippen LogP contribution is 2.55. The van der Waals surface area contributed by atoms with E-state index < -0.39 is 5.97 Å². The first kappa shape index (κ1) is 10.00. The van der Waals surface area contributed by atoms with Crippen LogP contribution in [-0.4, -0.2) is 16.3 Å². The van der Waals surface area contributed by atoms with Crippen LogP contribution in [0.3, 0.4) is 0 Å². The molecule has 0 aromatic carbocycles. The van der Waals surface area contributed by atoms with E-state index in [1.54, 1.807) is 0 Å². The van der Waals surface area contributed by atoms with Crippen molar-refractivity contribution in [3.05, 3.63) is 20.3 Å². The van der Waals surface area contributed by atoms with Gasteiger partial charge in [0.05, 0.1) is 5.56 Å². The Balaban J connectivity index is 2.17. The molecule has 1 aromatic rings. The summed E-state index contributed by atoms with van der Waals surface area (Å²) < 4.78 is 0.459. The number of hydrogen-bond donors (Lipinski definition) is 1. The van der Waals surface area contributed by atoms with Crippen molar-refractivity contribution in [1.29, 1.82) is 0 Å². The SMILES string of the molecule is O=C(O)c1c(Cl)sc2c1CC1CCC2S1. The fourth-order valence-electron chi connectivity index (χ4n) is 2.40. The van der Waals surface area contributed by atoms with Gasteiger partial charge in [-0.2, -0.15) is 0 Å². The van der Waals surface area contributed by atoms with Crippen molar-refractivity contribution >= 4 is 40.7 Å². The van der Waals surface area contributed by atoms with Crippen molar-refractivity contribution in [3.63, 3.8) is 0 Å². The van der Waals surface area contributed by atoms with Crippen LogP contribution >= 0.6 is 34.7 Å². The van der Waals surface area contributed by atoms with Gasteiger partial charge in [-0.15, -0.1) is 23.1 Å². The molecule has 1 saturated heterocycles. The van der Waals surface area contributed by atoms with Gasteiger partial charge in [-0.25, -0.2) is 4.79 Å².